The first-order valence-electron chi connectivity index (χ1n) is 6.77. The second-order valence-electron chi connectivity index (χ2n) is 4.78. The Kier molecular flexibility index (Phi) is 5.69. The topological polar surface area (TPSA) is 76.7 Å². The number of hydrogen-bond acceptors (Lipinski definition) is 5. The molecule has 2 rings (SSSR count). The molecule has 0 amide bonds. The van der Waals surface area contributed by atoms with Gasteiger partial charge in [-0.3, -0.25) is 0 Å². The fraction of sp³-hybridized carbons (Fsp3) is 0.429. The van der Waals surface area contributed by atoms with E-state index < -0.39 is 10.0 Å². The molecule has 0 unspecified atom stereocenters. The number of ether oxygens (including phenoxy) is 2. The summed E-state index contributed by atoms with van der Waals surface area (Å²) in [7, 11) is -0.824. The van der Waals surface area contributed by atoms with Crippen LogP contribution in [0.4, 0.5) is 0 Å². The molecule has 0 saturated carbocycles. The predicted octanol–water partition coefficient (Wildman–Crippen LogP) is 1.56. The molecule has 6 nitrogen and oxygen atoms in total. The van der Waals surface area contributed by atoms with E-state index in [-0.39, 0.29) is 16.5 Å². The van der Waals surface area contributed by atoms with Gasteiger partial charge in [-0.25, -0.2) is 13.1 Å². The zero-order valence-corrected chi connectivity index (χ0v) is 14.1. The van der Waals surface area contributed by atoms with E-state index in [0.29, 0.717) is 11.5 Å². The van der Waals surface area contributed by atoms with Crippen LogP contribution in [0, 0.1) is 0 Å². The van der Waals surface area contributed by atoms with Gasteiger partial charge in [0.2, 0.25) is 10.0 Å². The molecule has 0 bridgehead atoms. The summed E-state index contributed by atoms with van der Waals surface area (Å²) in [5, 5.41) is 3.26. The Bertz CT molecular complexity index is 674. The van der Waals surface area contributed by atoms with E-state index in [2.05, 4.69) is 10.0 Å². The lowest BCUT2D eigenvalue weighted by Gasteiger charge is -2.16. The fourth-order valence-electron chi connectivity index (χ4n) is 2.14. The summed E-state index contributed by atoms with van der Waals surface area (Å²) in [5.41, 5.74) is 1.05. The summed E-state index contributed by atoms with van der Waals surface area (Å²) in [4.78, 5) is -0.0265. The molecule has 0 aliphatic carbocycles. The molecule has 22 heavy (non-hydrogen) atoms. The molecule has 1 aromatic carbocycles. The zero-order chi connectivity index (χ0) is 16.2. The highest BCUT2D eigenvalue weighted by Crippen LogP contribution is 2.35. The van der Waals surface area contributed by atoms with Crippen LogP contribution >= 0.6 is 11.6 Å². The van der Waals surface area contributed by atoms with Crippen LogP contribution in [-0.2, 0) is 10.0 Å². The van der Waals surface area contributed by atoms with E-state index in [9.17, 15) is 8.42 Å². The van der Waals surface area contributed by atoms with Gasteiger partial charge in [0.05, 0.1) is 19.2 Å². The lowest BCUT2D eigenvalue weighted by Crippen LogP contribution is -2.29. The van der Waals surface area contributed by atoms with Crippen LogP contribution in [0.2, 0.25) is 5.02 Å². The number of hydrogen-bond donors (Lipinski definition) is 2. The molecule has 1 heterocycles. The molecule has 0 aromatic heterocycles. The largest absolute Gasteiger partial charge is 0.493 e. The maximum absolute atomic E-state index is 12.4. The van der Waals surface area contributed by atoms with Gasteiger partial charge < -0.3 is 14.8 Å². The average molecular weight is 347 g/mol. The monoisotopic (exact) mass is 346 g/mol. The Morgan fingerprint density at radius 3 is 2.55 bits per heavy atom. The van der Waals surface area contributed by atoms with E-state index in [1.165, 1.54) is 26.4 Å². The molecular weight excluding hydrogens is 328 g/mol. The second kappa shape index (κ2) is 7.32. The zero-order valence-electron chi connectivity index (χ0n) is 12.5. The van der Waals surface area contributed by atoms with Crippen molar-refractivity contribution in [2.45, 2.75) is 11.3 Å². The normalized spacial score (nSPS) is 15.3. The molecule has 0 radical (unpaired) electrons. The van der Waals surface area contributed by atoms with Crippen molar-refractivity contribution in [2.75, 3.05) is 33.9 Å². The van der Waals surface area contributed by atoms with E-state index in [4.69, 9.17) is 21.1 Å². The van der Waals surface area contributed by atoms with Gasteiger partial charge in [0.15, 0.2) is 11.5 Å². The van der Waals surface area contributed by atoms with Gasteiger partial charge >= 0.3 is 0 Å². The molecule has 2 N–H and O–H groups in total. The average Bonchev–Trinajstić information content (AvgIpc) is 2.53. The molecule has 1 aliphatic heterocycles. The first kappa shape index (κ1) is 17.1. The van der Waals surface area contributed by atoms with Crippen molar-refractivity contribution >= 4 is 21.6 Å². The van der Waals surface area contributed by atoms with Gasteiger partial charge in [0.25, 0.3) is 0 Å². The van der Waals surface area contributed by atoms with Crippen LogP contribution in [-0.4, -0.2) is 42.3 Å². The first-order chi connectivity index (χ1) is 10.5. The third-order valence-electron chi connectivity index (χ3n) is 3.37. The van der Waals surface area contributed by atoms with Crippen LogP contribution in [0.3, 0.4) is 0 Å². The SMILES string of the molecule is COc1cc(Cl)c(S(=O)(=O)NCC2=CCNCC2)cc1OC. The summed E-state index contributed by atoms with van der Waals surface area (Å²) in [5.74, 6) is 0.695. The van der Waals surface area contributed by atoms with Crippen LogP contribution in [0.25, 0.3) is 0 Å². The van der Waals surface area contributed by atoms with E-state index >= 15 is 0 Å². The van der Waals surface area contributed by atoms with E-state index in [1.807, 2.05) is 6.08 Å². The molecule has 1 aromatic rings. The van der Waals surface area contributed by atoms with Gasteiger partial charge in [-0.2, -0.15) is 0 Å². The van der Waals surface area contributed by atoms with Crippen molar-refractivity contribution < 1.29 is 17.9 Å². The summed E-state index contributed by atoms with van der Waals surface area (Å²) in [6.45, 7) is 1.88. The Labute approximate surface area is 135 Å². The summed E-state index contributed by atoms with van der Waals surface area (Å²) in [6.07, 6.45) is 2.81. The quantitative estimate of drug-likeness (QED) is 0.764. The molecule has 0 atom stereocenters. The number of nitrogens with one attached hydrogen (secondary N) is 2. The standard InChI is InChI=1S/C14H19ClN2O4S/c1-20-12-7-11(15)14(8-13(12)21-2)22(18,19)17-9-10-3-5-16-6-4-10/h3,7-8,16-17H,4-6,9H2,1-2H3. The van der Waals surface area contributed by atoms with Crippen LogP contribution in [0.15, 0.2) is 28.7 Å². The molecule has 122 valence electrons. The van der Waals surface area contributed by atoms with Crippen molar-refractivity contribution in [1.82, 2.24) is 10.0 Å². The number of halogens is 1. The van der Waals surface area contributed by atoms with Gasteiger partial charge in [-0.15, -0.1) is 0 Å². The highest BCUT2D eigenvalue weighted by atomic mass is 35.5. The lowest BCUT2D eigenvalue weighted by molar-refractivity contribution is 0.354. The van der Waals surface area contributed by atoms with Crippen molar-refractivity contribution in [3.63, 3.8) is 0 Å². The highest BCUT2D eigenvalue weighted by molar-refractivity contribution is 7.89. The smallest absolute Gasteiger partial charge is 0.242 e. The third-order valence-corrected chi connectivity index (χ3v) is 5.24. The Hall–Kier alpha value is -1.28. The van der Waals surface area contributed by atoms with Crippen molar-refractivity contribution in [1.29, 1.82) is 0 Å². The molecule has 0 spiro atoms. The minimum Gasteiger partial charge on any atom is -0.493 e. The van der Waals surface area contributed by atoms with Gasteiger partial charge in [-0.05, 0) is 13.0 Å². The van der Waals surface area contributed by atoms with Crippen LogP contribution < -0.4 is 19.5 Å². The van der Waals surface area contributed by atoms with Gasteiger partial charge in [-0.1, -0.05) is 23.3 Å². The lowest BCUT2D eigenvalue weighted by atomic mass is 10.1. The minimum atomic E-state index is -3.73. The Morgan fingerprint density at radius 1 is 1.27 bits per heavy atom. The Morgan fingerprint density at radius 2 is 1.95 bits per heavy atom. The first-order valence-corrected chi connectivity index (χ1v) is 8.64. The van der Waals surface area contributed by atoms with Crippen molar-refractivity contribution in [3.05, 3.63) is 28.8 Å². The van der Waals surface area contributed by atoms with Gasteiger partial charge in [0.1, 0.15) is 4.90 Å². The highest BCUT2D eigenvalue weighted by Gasteiger charge is 2.21. The third kappa shape index (κ3) is 3.92. The number of benzene rings is 1. The fourth-order valence-corrected chi connectivity index (χ4v) is 3.70. The van der Waals surface area contributed by atoms with Crippen LogP contribution in [0.1, 0.15) is 6.42 Å². The maximum Gasteiger partial charge on any atom is 0.242 e. The summed E-state index contributed by atoms with van der Waals surface area (Å²) in [6, 6.07) is 2.79. The van der Waals surface area contributed by atoms with Crippen molar-refractivity contribution in [3.8, 4) is 11.5 Å². The minimum absolute atomic E-state index is 0.0265. The molecule has 8 heteroatoms. The number of methoxy groups -OCH3 is 2. The van der Waals surface area contributed by atoms with Crippen molar-refractivity contribution in [2.24, 2.45) is 0 Å². The Balaban J connectivity index is 2.23. The van der Waals surface area contributed by atoms with E-state index in [0.717, 1.165) is 25.1 Å². The van der Waals surface area contributed by atoms with Gasteiger partial charge in [0, 0.05) is 25.2 Å². The number of rotatable bonds is 6. The van der Waals surface area contributed by atoms with E-state index in [1.54, 1.807) is 0 Å². The predicted molar refractivity (Wildman–Crippen MR) is 85.3 cm³/mol. The molecule has 0 fully saturated rings. The maximum atomic E-state index is 12.4. The second-order valence-corrected chi connectivity index (χ2v) is 6.92. The molecular formula is C14H19ClN2O4S. The summed E-state index contributed by atoms with van der Waals surface area (Å²) >= 11 is 6.06. The summed E-state index contributed by atoms with van der Waals surface area (Å²) < 4.78 is 37.7. The molecule has 1 aliphatic rings. The molecule has 0 saturated heterocycles. The van der Waals surface area contributed by atoms with Crippen LogP contribution in [0.5, 0.6) is 11.5 Å². The number of sulfonamides is 1.